The van der Waals surface area contributed by atoms with Crippen LogP contribution in [0.3, 0.4) is 0 Å². The minimum Gasteiger partial charge on any atom is -0.207 e. The lowest BCUT2D eigenvalue weighted by atomic mass is 9.97. The molecule has 0 saturated carbocycles. The van der Waals surface area contributed by atoms with E-state index in [0.717, 1.165) is 11.8 Å². The number of hydrogen-bond donors (Lipinski definition) is 0. The first kappa shape index (κ1) is 12.0. The van der Waals surface area contributed by atoms with Gasteiger partial charge >= 0.3 is 0 Å². The lowest BCUT2D eigenvalue weighted by molar-refractivity contribution is 0.529. The molecule has 1 aromatic carbocycles. The number of hydrogen-bond acceptors (Lipinski definition) is 2. The monoisotopic (exact) mass is 227 g/mol. The number of thioether (sulfide) groups is 1. The average molecular weight is 227 g/mol. The summed E-state index contributed by atoms with van der Waals surface area (Å²) in [4.78, 5) is 0. The van der Waals surface area contributed by atoms with E-state index in [9.17, 15) is 8.78 Å². The summed E-state index contributed by atoms with van der Waals surface area (Å²) in [5.74, 6) is -0.633. The van der Waals surface area contributed by atoms with Gasteiger partial charge in [-0.3, -0.25) is 0 Å². The van der Waals surface area contributed by atoms with Gasteiger partial charge in [-0.2, -0.15) is 5.26 Å². The fourth-order valence-electron chi connectivity index (χ4n) is 1.41. The Balaban J connectivity index is 2.73. The molecule has 0 amide bonds. The molecule has 1 aromatic rings. The molecule has 0 radical (unpaired) electrons. The second kappa shape index (κ2) is 5.72. The van der Waals surface area contributed by atoms with Crippen molar-refractivity contribution in [3.05, 3.63) is 35.4 Å². The van der Waals surface area contributed by atoms with Gasteiger partial charge in [-0.1, -0.05) is 13.0 Å². The molecule has 0 N–H and O–H groups in total. The quantitative estimate of drug-likeness (QED) is 0.578. The van der Waals surface area contributed by atoms with Gasteiger partial charge in [0.15, 0.2) is 0 Å². The molecule has 0 aliphatic carbocycles. The van der Waals surface area contributed by atoms with Gasteiger partial charge < -0.3 is 0 Å². The smallest absolute Gasteiger partial charge is 0.133 e. The Morgan fingerprint density at radius 3 is 2.53 bits per heavy atom. The Bertz CT molecular complexity index is 353. The molecule has 1 nitrogen and oxygen atoms in total. The molecule has 0 aliphatic heterocycles. The van der Waals surface area contributed by atoms with Gasteiger partial charge in [0.25, 0.3) is 0 Å². The van der Waals surface area contributed by atoms with Gasteiger partial charge in [0.05, 0.1) is 0 Å². The van der Waals surface area contributed by atoms with Gasteiger partial charge in [0.2, 0.25) is 0 Å². The van der Waals surface area contributed by atoms with E-state index in [1.165, 1.54) is 18.2 Å². The summed E-state index contributed by atoms with van der Waals surface area (Å²) in [5, 5.41) is 10.3. The number of nitrogens with zero attached hydrogens (tertiary/aromatic N) is 1. The lowest BCUT2D eigenvalue weighted by Gasteiger charge is -2.12. The Hall–Kier alpha value is -1.08. The molecule has 1 unspecified atom stereocenters. The summed E-state index contributed by atoms with van der Waals surface area (Å²) in [7, 11) is 0. The van der Waals surface area contributed by atoms with E-state index in [2.05, 4.69) is 0 Å². The van der Waals surface area contributed by atoms with Crippen molar-refractivity contribution in [3.63, 3.8) is 0 Å². The summed E-state index contributed by atoms with van der Waals surface area (Å²) in [6, 6.07) is 3.86. The summed E-state index contributed by atoms with van der Waals surface area (Å²) in [6.45, 7) is 1.76. The maximum atomic E-state index is 13.3. The number of rotatable bonds is 4. The number of nitriles is 1. The highest BCUT2D eigenvalue weighted by Crippen LogP contribution is 2.25. The third-order valence-corrected chi connectivity index (χ3v) is 2.78. The Labute approximate surface area is 92.1 Å². The first-order valence-corrected chi connectivity index (χ1v) is 5.60. The van der Waals surface area contributed by atoms with Crippen molar-refractivity contribution in [3.8, 4) is 5.40 Å². The highest BCUT2D eigenvalue weighted by atomic mass is 32.2. The van der Waals surface area contributed by atoms with Gasteiger partial charge in [-0.05, 0) is 36.2 Å². The lowest BCUT2D eigenvalue weighted by Crippen LogP contribution is -2.02. The van der Waals surface area contributed by atoms with Crippen molar-refractivity contribution in [2.75, 3.05) is 5.75 Å². The Morgan fingerprint density at radius 2 is 2.00 bits per heavy atom. The van der Waals surface area contributed by atoms with Gasteiger partial charge in [-0.25, -0.2) is 8.78 Å². The molecular formula is C11H11F2NS. The minimum absolute atomic E-state index is 0.121. The van der Waals surface area contributed by atoms with Crippen LogP contribution in [-0.2, 0) is 0 Å². The van der Waals surface area contributed by atoms with Crippen LogP contribution in [0, 0.1) is 22.3 Å². The maximum absolute atomic E-state index is 13.3. The van der Waals surface area contributed by atoms with E-state index in [1.54, 1.807) is 6.92 Å². The number of thiocyanates is 1. The fraction of sp³-hybridized carbons (Fsp3) is 0.364. The largest absolute Gasteiger partial charge is 0.207 e. The zero-order chi connectivity index (χ0) is 11.3. The molecule has 15 heavy (non-hydrogen) atoms. The first-order chi connectivity index (χ1) is 7.16. The summed E-state index contributed by atoms with van der Waals surface area (Å²) >= 11 is 1.10. The van der Waals surface area contributed by atoms with Crippen molar-refractivity contribution in [1.82, 2.24) is 0 Å². The third-order valence-electron chi connectivity index (χ3n) is 2.21. The van der Waals surface area contributed by atoms with Crippen molar-refractivity contribution in [2.45, 2.75) is 19.3 Å². The zero-order valence-electron chi connectivity index (χ0n) is 8.34. The SMILES string of the molecule is CC(CCSC#N)c1c(F)cccc1F. The molecular weight excluding hydrogens is 216 g/mol. The van der Waals surface area contributed by atoms with Gasteiger partial charge in [0.1, 0.15) is 17.0 Å². The average Bonchev–Trinajstić information content (AvgIpc) is 2.18. The molecule has 0 saturated heterocycles. The van der Waals surface area contributed by atoms with Crippen LogP contribution >= 0.6 is 11.8 Å². The van der Waals surface area contributed by atoms with E-state index in [1.807, 2.05) is 5.40 Å². The van der Waals surface area contributed by atoms with Gasteiger partial charge in [0, 0.05) is 11.3 Å². The summed E-state index contributed by atoms with van der Waals surface area (Å²) < 4.78 is 26.6. The van der Waals surface area contributed by atoms with Crippen LogP contribution in [0.1, 0.15) is 24.8 Å². The van der Waals surface area contributed by atoms with Crippen LogP contribution in [0.25, 0.3) is 0 Å². The second-order valence-electron chi connectivity index (χ2n) is 3.26. The van der Waals surface area contributed by atoms with E-state index >= 15 is 0 Å². The maximum Gasteiger partial charge on any atom is 0.133 e. The Kier molecular flexibility index (Phi) is 4.57. The highest BCUT2D eigenvalue weighted by Gasteiger charge is 2.15. The molecule has 1 rings (SSSR count). The predicted octanol–water partition coefficient (Wildman–Crippen LogP) is 3.67. The molecule has 0 fully saturated rings. The topological polar surface area (TPSA) is 23.8 Å². The van der Waals surface area contributed by atoms with Crippen LogP contribution in [0.4, 0.5) is 8.78 Å². The zero-order valence-corrected chi connectivity index (χ0v) is 9.15. The third kappa shape index (κ3) is 3.21. The normalized spacial score (nSPS) is 12.1. The van der Waals surface area contributed by atoms with Crippen molar-refractivity contribution in [1.29, 1.82) is 5.26 Å². The molecule has 0 aliphatic rings. The van der Waals surface area contributed by atoms with Crippen LogP contribution in [0.15, 0.2) is 18.2 Å². The molecule has 0 heterocycles. The predicted molar refractivity (Wildman–Crippen MR) is 57.5 cm³/mol. The van der Waals surface area contributed by atoms with Crippen LogP contribution in [0.2, 0.25) is 0 Å². The molecule has 0 aromatic heterocycles. The summed E-state index contributed by atoms with van der Waals surface area (Å²) in [6.07, 6.45) is 0.593. The number of benzene rings is 1. The molecule has 4 heteroatoms. The standard InChI is InChI=1S/C11H11F2NS/c1-8(5-6-15-7-14)11-9(12)3-2-4-10(11)13/h2-4,8H,5-6H2,1H3. The van der Waals surface area contributed by atoms with E-state index in [4.69, 9.17) is 5.26 Å². The van der Waals surface area contributed by atoms with Crippen LogP contribution in [-0.4, -0.2) is 5.75 Å². The van der Waals surface area contributed by atoms with Gasteiger partial charge in [-0.15, -0.1) is 0 Å². The minimum atomic E-state index is -0.510. The fourth-order valence-corrected chi connectivity index (χ4v) is 1.97. The molecule has 0 bridgehead atoms. The highest BCUT2D eigenvalue weighted by molar-refractivity contribution is 8.03. The van der Waals surface area contributed by atoms with Crippen molar-refractivity contribution >= 4 is 11.8 Å². The molecule has 0 spiro atoms. The van der Waals surface area contributed by atoms with E-state index in [-0.39, 0.29) is 11.5 Å². The van der Waals surface area contributed by atoms with E-state index in [0.29, 0.717) is 12.2 Å². The molecule has 1 atom stereocenters. The van der Waals surface area contributed by atoms with E-state index < -0.39 is 11.6 Å². The van der Waals surface area contributed by atoms with Crippen molar-refractivity contribution < 1.29 is 8.78 Å². The van der Waals surface area contributed by atoms with Crippen LogP contribution < -0.4 is 0 Å². The summed E-state index contributed by atoms with van der Waals surface area (Å²) in [5.41, 5.74) is 0.121. The molecule has 80 valence electrons. The number of halogens is 2. The Morgan fingerprint density at radius 1 is 1.40 bits per heavy atom. The second-order valence-corrected chi connectivity index (χ2v) is 4.14. The first-order valence-electron chi connectivity index (χ1n) is 4.61. The van der Waals surface area contributed by atoms with Crippen LogP contribution in [0.5, 0.6) is 0 Å². The van der Waals surface area contributed by atoms with Crippen molar-refractivity contribution in [2.24, 2.45) is 0 Å².